The first-order valence-electron chi connectivity index (χ1n) is 14.7. The first-order chi connectivity index (χ1) is 21.3. The van der Waals surface area contributed by atoms with Crippen LogP contribution in [0.15, 0.2) is 54.9 Å². The van der Waals surface area contributed by atoms with Gasteiger partial charge in [0.05, 0.1) is 18.8 Å². The Morgan fingerprint density at radius 3 is 2.41 bits per heavy atom. The Morgan fingerprint density at radius 1 is 1.00 bits per heavy atom. The highest BCUT2D eigenvalue weighted by Gasteiger charge is 2.27. The summed E-state index contributed by atoms with van der Waals surface area (Å²) in [6, 6.07) is 11.9. The number of aliphatic hydroxyl groups excluding tert-OH is 1. The zero-order chi connectivity index (χ0) is 31.1. The number of carbonyl (C=O) groups excluding carboxylic acids is 1. The largest absolute Gasteiger partial charge is 0.489 e. The number of aromatic nitrogens is 1. The molecule has 2 heterocycles. The molecule has 0 bridgehead atoms. The number of nitrogens with zero attached hydrogens (tertiary/aromatic N) is 2. The third-order valence-electron chi connectivity index (χ3n) is 7.81. The van der Waals surface area contributed by atoms with Crippen molar-refractivity contribution in [3.05, 3.63) is 87.2 Å². The third-order valence-corrected chi connectivity index (χ3v) is 8.49. The lowest BCUT2D eigenvalue weighted by Crippen LogP contribution is -2.46. The van der Waals surface area contributed by atoms with Crippen LogP contribution in [0.5, 0.6) is 11.5 Å². The third kappa shape index (κ3) is 9.01. The summed E-state index contributed by atoms with van der Waals surface area (Å²) in [6.07, 6.45) is 4.47. The maximum atomic E-state index is 13.6. The number of esters is 1. The molecule has 2 fully saturated rings. The van der Waals surface area contributed by atoms with E-state index in [0.717, 1.165) is 44.6 Å². The number of nitrogens with one attached hydrogen (secondary N) is 1. The van der Waals surface area contributed by atoms with Gasteiger partial charge in [0.15, 0.2) is 23.9 Å². The van der Waals surface area contributed by atoms with Crippen LogP contribution in [0.2, 0.25) is 10.0 Å². The highest BCUT2D eigenvalue weighted by Crippen LogP contribution is 2.38. The van der Waals surface area contributed by atoms with Crippen molar-refractivity contribution in [1.82, 2.24) is 9.80 Å². The molecule has 2 aliphatic rings. The molecule has 1 atom stereocenters. The molecule has 2 N–H and O–H groups in total. The van der Waals surface area contributed by atoms with E-state index < -0.39 is 18.7 Å². The van der Waals surface area contributed by atoms with Crippen LogP contribution in [0.4, 0.5) is 8.78 Å². The number of H-pyrrole nitrogens is 1. The second-order valence-corrected chi connectivity index (χ2v) is 11.9. The Kier molecular flexibility index (Phi) is 11.3. The lowest BCUT2D eigenvalue weighted by molar-refractivity contribution is -0.377. The van der Waals surface area contributed by atoms with Crippen molar-refractivity contribution in [3.63, 3.8) is 0 Å². The van der Waals surface area contributed by atoms with Gasteiger partial charge >= 0.3 is 12.6 Å². The Hall–Kier alpha value is -3.02. The minimum absolute atomic E-state index is 0.0928. The predicted octanol–water partition coefficient (Wildman–Crippen LogP) is 5.45. The van der Waals surface area contributed by atoms with Crippen LogP contribution >= 0.6 is 23.2 Å². The van der Waals surface area contributed by atoms with Crippen molar-refractivity contribution in [2.45, 2.75) is 38.5 Å². The Labute approximate surface area is 265 Å². The van der Waals surface area contributed by atoms with E-state index in [1.807, 2.05) is 18.2 Å². The molecule has 0 radical (unpaired) electrons. The summed E-state index contributed by atoms with van der Waals surface area (Å²) in [6.45, 7) is 2.33. The van der Waals surface area contributed by atoms with Crippen molar-refractivity contribution < 1.29 is 37.9 Å². The van der Waals surface area contributed by atoms with Gasteiger partial charge in [-0.2, -0.15) is 8.78 Å². The van der Waals surface area contributed by atoms with Crippen molar-refractivity contribution in [1.29, 1.82) is 0 Å². The molecule has 1 aromatic heterocycles. The second kappa shape index (κ2) is 15.3. The van der Waals surface area contributed by atoms with Gasteiger partial charge in [0.25, 0.3) is 0 Å². The van der Waals surface area contributed by atoms with Gasteiger partial charge in [-0.3, -0.25) is 9.80 Å². The highest BCUT2D eigenvalue weighted by atomic mass is 35.5. The molecule has 0 amide bonds. The summed E-state index contributed by atoms with van der Waals surface area (Å²) >= 11 is 12.9. The Balaban J connectivity index is 1.37. The Bertz CT molecular complexity index is 1400. The quantitative estimate of drug-likeness (QED) is 0.232. The number of alkyl halides is 2. The van der Waals surface area contributed by atoms with Gasteiger partial charge in [-0.15, -0.1) is 0 Å². The summed E-state index contributed by atoms with van der Waals surface area (Å²) in [4.78, 5) is 21.0. The molecule has 1 saturated heterocycles. The summed E-state index contributed by atoms with van der Waals surface area (Å²) in [5.41, 5.74) is 2.43. The van der Waals surface area contributed by atoms with Gasteiger partial charge in [-0.1, -0.05) is 41.4 Å². The molecular weight excluding hydrogens is 615 g/mol. The van der Waals surface area contributed by atoms with Crippen LogP contribution < -0.4 is 14.5 Å². The van der Waals surface area contributed by atoms with Crippen LogP contribution in [0, 0.1) is 5.92 Å². The molecule has 5 rings (SSSR count). The Morgan fingerprint density at radius 2 is 1.73 bits per heavy atom. The van der Waals surface area contributed by atoms with E-state index in [9.17, 15) is 18.7 Å². The lowest BCUT2D eigenvalue weighted by atomic mass is 10.0. The molecule has 0 spiro atoms. The molecule has 3 aromatic rings. The number of rotatable bonds is 14. The molecule has 1 aliphatic heterocycles. The number of benzene rings is 2. The number of halogens is 4. The van der Waals surface area contributed by atoms with Crippen molar-refractivity contribution >= 4 is 29.2 Å². The first kappa shape index (κ1) is 32.4. The standard InChI is InChI=1S/C32H35Cl2F2N3O5/c33-26-17-37-18-27(34)25(26)16-29(23-6-7-28(44-32(35)36)30(15-23)42-20-21-4-5-21)43-31(41)24-3-1-2-22(14-24)19-39-10-8-38(9-11-39)12-13-40/h1-3,6-7,14-15,17-18,21,29,32,40H,4-5,8-13,16,19-20H2/p+1/t29-/m0/s1. The van der Waals surface area contributed by atoms with E-state index in [-0.39, 0.29) is 24.5 Å². The summed E-state index contributed by atoms with van der Waals surface area (Å²) in [7, 11) is 0. The van der Waals surface area contributed by atoms with Crippen molar-refractivity contribution in [3.8, 4) is 11.5 Å². The van der Waals surface area contributed by atoms with E-state index in [1.54, 1.807) is 30.6 Å². The van der Waals surface area contributed by atoms with Gasteiger partial charge in [0, 0.05) is 51.3 Å². The van der Waals surface area contributed by atoms with Gasteiger partial charge in [0.1, 0.15) is 16.1 Å². The fourth-order valence-electron chi connectivity index (χ4n) is 5.17. The van der Waals surface area contributed by atoms with Crippen LogP contribution in [0.1, 0.15) is 46.0 Å². The minimum atomic E-state index is -3.02. The average Bonchev–Trinajstić information content (AvgIpc) is 3.84. The molecule has 1 saturated carbocycles. The van der Waals surface area contributed by atoms with Crippen molar-refractivity contribution in [2.75, 3.05) is 45.9 Å². The monoisotopic (exact) mass is 650 g/mol. The molecule has 44 heavy (non-hydrogen) atoms. The van der Waals surface area contributed by atoms with Gasteiger partial charge < -0.3 is 19.3 Å². The van der Waals surface area contributed by atoms with Crippen LogP contribution in [0.3, 0.4) is 0 Å². The van der Waals surface area contributed by atoms with Crippen LogP contribution in [-0.4, -0.2) is 73.4 Å². The molecule has 0 unspecified atom stereocenters. The number of aromatic amines is 1. The second-order valence-electron chi connectivity index (χ2n) is 11.1. The topological polar surface area (TPSA) is 85.6 Å². The zero-order valence-corrected chi connectivity index (χ0v) is 25.7. The fraction of sp³-hybridized carbons (Fsp3) is 0.438. The van der Waals surface area contributed by atoms with E-state index >= 15 is 0 Å². The van der Waals surface area contributed by atoms with Crippen LogP contribution in [0.25, 0.3) is 0 Å². The van der Waals surface area contributed by atoms with Gasteiger partial charge in [-0.25, -0.2) is 9.78 Å². The predicted molar refractivity (Wildman–Crippen MR) is 161 cm³/mol. The van der Waals surface area contributed by atoms with E-state index in [0.29, 0.717) is 52.3 Å². The molecule has 236 valence electrons. The maximum Gasteiger partial charge on any atom is 0.387 e. The molecule has 8 nitrogen and oxygen atoms in total. The summed E-state index contributed by atoms with van der Waals surface area (Å²) in [5, 5.41) is 9.92. The number of β-amino-alcohol motifs (C(OH)–C–C–N with tert-alkyl or cyclic N) is 1. The van der Waals surface area contributed by atoms with E-state index in [1.165, 1.54) is 6.07 Å². The molecule has 2 aromatic carbocycles. The number of piperazine rings is 1. The summed E-state index contributed by atoms with van der Waals surface area (Å²) in [5.74, 6) is -0.116. The van der Waals surface area contributed by atoms with Gasteiger partial charge in [0.2, 0.25) is 0 Å². The summed E-state index contributed by atoms with van der Waals surface area (Å²) < 4.78 is 42.9. The minimum Gasteiger partial charge on any atom is -0.489 e. The maximum absolute atomic E-state index is 13.6. The lowest BCUT2D eigenvalue weighted by Gasteiger charge is -2.34. The zero-order valence-electron chi connectivity index (χ0n) is 24.2. The number of hydrogen-bond donors (Lipinski definition) is 1. The smallest absolute Gasteiger partial charge is 0.387 e. The average molecular weight is 652 g/mol. The van der Waals surface area contributed by atoms with Crippen LogP contribution in [-0.2, 0) is 17.7 Å². The van der Waals surface area contributed by atoms with E-state index in [2.05, 4.69) is 14.8 Å². The fourth-order valence-corrected chi connectivity index (χ4v) is 5.70. The SMILES string of the molecule is O=C(O[C@@H](Cc1c(Cl)c[nH+]cc1Cl)c1ccc(OC(F)F)c(OCC2CC2)c1)c1cccc(CN2CCN(CCO)CC2)c1. The van der Waals surface area contributed by atoms with E-state index in [4.69, 9.17) is 37.4 Å². The molecular formula is C32H36Cl2F2N3O5+. The van der Waals surface area contributed by atoms with Gasteiger partial charge in [-0.05, 0) is 54.2 Å². The number of ether oxygens (including phenoxy) is 3. The number of aliphatic hydroxyl groups is 1. The normalized spacial score (nSPS) is 16.6. The van der Waals surface area contributed by atoms with Crippen molar-refractivity contribution in [2.24, 2.45) is 5.92 Å². The highest BCUT2D eigenvalue weighted by molar-refractivity contribution is 6.35. The molecule has 1 aliphatic carbocycles. The number of hydrogen-bond acceptors (Lipinski definition) is 7. The number of pyridine rings is 1. The first-order valence-corrected chi connectivity index (χ1v) is 15.5. The molecule has 12 heteroatoms. The number of carbonyl (C=O) groups is 1.